The van der Waals surface area contributed by atoms with E-state index in [-0.39, 0.29) is 0 Å². The highest BCUT2D eigenvalue weighted by atomic mass is 16.5. The van der Waals surface area contributed by atoms with Crippen LogP contribution in [0.3, 0.4) is 0 Å². The van der Waals surface area contributed by atoms with E-state index in [1.54, 1.807) is 0 Å². The molecule has 1 heterocycles. The Morgan fingerprint density at radius 1 is 1.47 bits per heavy atom. The quantitative estimate of drug-likeness (QED) is 0.794. The Morgan fingerprint density at radius 3 is 3.07 bits per heavy atom. The molecule has 0 saturated heterocycles. The summed E-state index contributed by atoms with van der Waals surface area (Å²) in [6.07, 6.45) is 0. The lowest BCUT2D eigenvalue weighted by atomic mass is 10.1. The molecular weight excluding hydrogens is 188 g/mol. The summed E-state index contributed by atoms with van der Waals surface area (Å²) in [7, 11) is 0. The Labute approximate surface area is 90.8 Å². The summed E-state index contributed by atoms with van der Waals surface area (Å²) >= 11 is 0. The largest absolute Gasteiger partial charge is 0.492 e. The maximum Gasteiger partial charge on any atom is 0.123 e. The lowest BCUT2D eigenvalue weighted by molar-refractivity contribution is 0.234. The minimum atomic E-state index is 0.597. The van der Waals surface area contributed by atoms with Crippen LogP contribution in [-0.4, -0.2) is 24.6 Å². The fourth-order valence-corrected chi connectivity index (χ4v) is 1.90. The van der Waals surface area contributed by atoms with Crippen LogP contribution in [0.2, 0.25) is 0 Å². The monoisotopic (exact) mass is 206 g/mol. The van der Waals surface area contributed by atoms with Gasteiger partial charge in [0.2, 0.25) is 0 Å². The van der Waals surface area contributed by atoms with Gasteiger partial charge in [0.05, 0.1) is 0 Å². The van der Waals surface area contributed by atoms with Gasteiger partial charge in [0.1, 0.15) is 12.4 Å². The highest BCUT2D eigenvalue weighted by molar-refractivity contribution is 5.37. The van der Waals surface area contributed by atoms with E-state index in [4.69, 9.17) is 10.5 Å². The molecule has 2 N–H and O–H groups in total. The van der Waals surface area contributed by atoms with Gasteiger partial charge in [-0.2, -0.15) is 0 Å². The number of benzene rings is 1. The van der Waals surface area contributed by atoms with Crippen molar-refractivity contribution in [1.82, 2.24) is 4.90 Å². The molecular formula is C12H18N2O. The summed E-state index contributed by atoms with van der Waals surface area (Å²) < 4.78 is 5.70. The highest BCUT2D eigenvalue weighted by Crippen LogP contribution is 2.24. The Kier molecular flexibility index (Phi) is 3.23. The second-order valence-electron chi connectivity index (χ2n) is 3.86. The topological polar surface area (TPSA) is 38.5 Å². The van der Waals surface area contributed by atoms with Crippen LogP contribution in [0, 0.1) is 0 Å². The van der Waals surface area contributed by atoms with Gasteiger partial charge < -0.3 is 10.5 Å². The zero-order chi connectivity index (χ0) is 10.7. The van der Waals surface area contributed by atoms with Gasteiger partial charge >= 0.3 is 0 Å². The zero-order valence-corrected chi connectivity index (χ0v) is 9.20. The predicted molar refractivity (Wildman–Crippen MR) is 60.8 cm³/mol. The van der Waals surface area contributed by atoms with E-state index < -0.39 is 0 Å². The molecule has 0 unspecified atom stereocenters. The number of nitrogens with two attached hydrogens (primary N) is 1. The van der Waals surface area contributed by atoms with Crippen molar-refractivity contribution in [3.63, 3.8) is 0 Å². The van der Waals surface area contributed by atoms with Crippen LogP contribution in [0.25, 0.3) is 0 Å². The van der Waals surface area contributed by atoms with E-state index >= 15 is 0 Å². The Bertz CT molecular complexity index is 338. The third kappa shape index (κ3) is 2.30. The molecule has 1 aromatic rings. The molecule has 0 atom stereocenters. The SMILES string of the molecule is CCN1CCOc2ccc(CN)cc2C1. The fourth-order valence-electron chi connectivity index (χ4n) is 1.90. The molecule has 1 aliphatic rings. The van der Waals surface area contributed by atoms with Gasteiger partial charge in [-0.1, -0.05) is 13.0 Å². The molecule has 2 rings (SSSR count). The predicted octanol–water partition coefficient (Wildman–Crippen LogP) is 1.36. The minimum absolute atomic E-state index is 0.597. The van der Waals surface area contributed by atoms with Crippen molar-refractivity contribution in [2.75, 3.05) is 19.7 Å². The second kappa shape index (κ2) is 4.64. The van der Waals surface area contributed by atoms with Crippen molar-refractivity contribution in [2.45, 2.75) is 20.0 Å². The van der Waals surface area contributed by atoms with Crippen molar-refractivity contribution in [1.29, 1.82) is 0 Å². The van der Waals surface area contributed by atoms with Crippen molar-refractivity contribution < 1.29 is 4.74 Å². The molecule has 0 fully saturated rings. The van der Waals surface area contributed by atoms with E-state index in [9.17, 15) is 0 Å². The van der Waals surface area contributed by atoms with Crippen LogP contribution in [0.5, 0.6) is 5.75 Å². The first-order chi connectivity index (χ1) is 7.33. The van der Waals surface area contributed by atoms with Crippen LogP contribution in [-0.2, 0) is 13.1 Å². The molecule has 0 aromatic heterocycles. The van der Waals surface area contributed by atoms with Gasteiger partial charge in [0, 0.05) is 25.2 Å². The second-order valence-corrected chi connectivity index (χ2v) is 3.86. The van der Waals surface area contributed by atoms with E-state index in [2.05, 4.69) is 17.9 Å². The maximum atomic E-state index is 5.70. The molecule has 82 valence electrons. The first-order valence-electron chi connectivity index (χ1n) is 5.50. The van der Waals surface area contributed by atoms with E-state index in [0.717, 1.165) is 32.0 Å². The summed E-state index contributed by atoms with van der Waals surface area (Å²) in [5.74, 6) is 1.02. The standard InChI is InChI=1S/C12H18N2O/c1-2-14-5-6-15-12-4-3-10(8-13)7-11(12)9-14/h3-4,7H,2,5-6,8-9,13H2,1H3. The third-order valence-electron chi connectivity index (χ3n) is 2.87. The summed E-state index contributed by atoms with van der Waals surface area (Å²) in [6, 6.07) is 6.24. The number of nitrogens with zero attached hydrogens (tertiary/aromatic N) is 1. The molecule has 15 heavy (non-hydrogen) atoms. The van der Waals surface area contributed by atoms with Gasteiger partial charge in [-0.15, -0.1) is 0 Å². The Morgan fingerprint density at radius 2 is 2.33 bits per heavy atom. The smallest absolute Gasteiger partial charge is 0.123 e. The fraction of sp³-hybridized carbons (Fsp3) is 0.500. The van der Waals surface area contributed by atoms with Gasteiger partial charge in [0.15, 0.2) is 0 Å². The normalized spacial score (nSPS) is 16.7. The molecule has 0 bridgehead atoms. The molecule has 0 aliphatic carbocycles. The van der Waals surface area contributed by atoms with Gasteiger partial charge in [-0.25, -0.2) is 0 Å². The molecule has 0 saturated carbocycles. The van der Waals surface area contributed by atoms with Crippen LogP contribution >= 0.6 is 0 Å². The van der Waals surface area contributed by atoms with Crippen LogP contribution in [0.1, 0.15) is 18.1 Å². The number of hydrogen-bond acceptors (Lipinski definition) is 3. The van der Waals surface area contributed by atoms with Crippen molar-refractivity contribution in [3.05, 3.63) is 29.3 Å². The highest BCUT2D eigenvalue weighted by Gasteiger charge is 2.13. The van der Waals surface area contributed by atoms with E-state index in [1.807, 2.05) is 12.1 Å². The van der Waals surface area contributed by atoms with Gasteiger partial charge in [0.25, 0.3) is 0 Å². The molecule has 3 heteroatoms. The third-order valence-corrected chi connectivity index (χ3v) is 2.87. The molecule has 1 aliphatic heterocycles. The van der Waals surface area contributed by atoms with Gasteiger partial charge in [-0.3, -0.25) is 4.90 Å². The number of hydrogen-bond donors (Lipinski definition) is 1. The van der Waals surface area contributed by atoms with Crippen LogP contribution in [0.15, 0.2) is 18.2 Å². The molecule has 0 spiro atoms. The van der Waals surface area contributed by atoms with Crippen LogP contribution < -0.4 is 10.5 Å². The lowest BCUT2D eigenvalue weighted by Gasteiger charge is -2.16. The molecule has 0 radical (unpaired) electrons. The van der Waals surface area contributed by atoms with E-state index in [1.165, 1.54) is 11.1 Å². The first kappa shape index (κ1) is 10.5. The lowest BCUT2D eigenvalue weighted by Crippen LogP contribution is -2.25. The maximum absolute atomic E-state index is 5.70. The van der Waals surface area contributed by atoms with Gasteiger partial charge in [-0.05, 0) is 24.2 Å². The molecule has 3 nitrogen and oxygen atoms in total. The molecule has 0 amide bonds. The summed E-state index contributed by atoms with van der Waals surface area (Å²) in [4.78, 5) is 2.38. The Hall–Kier alpha value is -1.06. The summed E-state index contributed by atoms with van der Waals surface area (Å²) in [5, 5.41) is 0. The number of rotatable bonds is 2. The summed E-state index contributed by atoms with van der Waals surface area (Å²) in [6.45, 7) is 6.60. The van der Waals surface area contributed by atoms with Crippen molar-refractivity contribution >= 4 is 0 Å². The number of likely N-dealkylation sites (N-methyl/N-ethyl adjacent to an activating group) is 1. The van der Waals surface area contributed by atoms with Crippen molar-refractivity contribution in [2.24, 2.45) is 5.73 Å². The average Bonchev–Trinajstić information content (AvgIpc) is 2.49. The van der Waals surface area contributed by atoms with Crippen LogP contribution in [0.4, 0.5) is 0 Å². The summed E-state index contributed by atoms with van der Waals surface area (Å²) in [5.41, 5.74) is 8.07. The van der Waals surface area contributed by atoms with Crippen molar-refractivity contribution in [3.8, 4) is 5.75 Å². The average molecular weight is 206 g/mol. The number of fused-ring (bicyclic) bond motifs is 1. The van der Waals surface area contributed by atoms with E-state index in [0.29, 0.717) is 6.54 Å². The minimum Gasteiger partial charge on any atom is -0.492 e. The Balaban J connectivity index is 2.27. The number of ether oxygens (including phenoxy) is 1. The molecule has 1 aromatic carbocycles. The zero-order valence-electron chi connectivity index (χ0n) is 9.20. The first-order valence-corrected chi connectivity index (χ1v) is 5.50.